The Bertz CT molecular complexity index is 740. The summed E-state index contributed by atoms with van der Waals surface area (Å²) in [6.45, 7) is 6.53. The number of nitrogens with zero attached hydrogens (tertiary/aromatic N) is 2. The van der Waals surface area contributed by atoms with Crippen LogP contribution in [0.4, 0.5) is 0 Å². The summed E-state index contributed by atoms with van der Waals surface area (Å²) in [6, 6.07) is 7.27. The molecule has 2 aromatic rings. The number of fused-ring (bicyclic) bond motifs is 1. The Balaban J connectivity index is 2.52. The molecular formula is C16H21N3O2S. The molecule has 118 valence electrons. The van der Waals surface area contributed by atoms with Gasteiger partial charge in [0, 0.05) is 6.54 Å². The maximum absolute atomic E-state index is 12.7. The number of hydrogen-bond donors (Lipinski definition) is 1. The Morgan fingerprint density at radius 2 is 2.00 bits per heavy atom. The van der Waals surface area contributed by atoms with E-state index in [1.807, 2.05) is 18.2 Å². The first kappa shape index (κ1) is 16.5. The van der Waals surface area contributed by atoms with Crippen molar-refractivity contribution in [3.05, 3.63) is 34.6 Å². The van der Waals surface area contributed by atoms with Crippen LogP contribution < -0.4 is 11.3 Å². The monoisotopic (exact) mass is 319 g/mol. The summed E-state index contributed by atoms with van der Waals surface area (Å²) in [5, 5.41) is 0.719. The SMILES string of the molecule is CC(C)CCn1c(S[C@H](C)C(N)=O)nc2ccccc2c1=O. The van der Waals surface area contributed by atoms with E-state index in [2.05, 4.69) is 18.8 Å². The zero-order valence-electron chi connectivity index (χ0n) is 13.1. The molecule has 2 N–H and O–H groups in total. The molecule has 1 heterocycles. The van der Waals surface area contributed by atoms with Gasteiger partial charge in [0.25, 0.3) is 5.56 Å². The van der Waals surface area contributed by atoms with Crippen molar-refractivity contribution in [2.45, 2.75) is 44.1 Å². The molecule has 1 aromatic heterocycles. The van der Waals surface area contributed by atoms with Crippen LogP contribution in [0.2, 0.25) is 0 Å². The van der Waals surface area contributed by atoms with Crippen molar-refractivity contribution in [1.82, 2.24) is 9.55 Å². The van der Waals surface area contributed by atoms with E-state index in [0.717, 1.165) is 6.42 Å². The number of carbonyl (C=O) groups excluding carboxylic acids is 1. The van der Waals surface area contributed by atoms with Crippen LogP contribution in [0.15, 0.2) is 34.2 Å². The van der Waals surface area contributed by atoms with Crippen LogP contribution in [0.1, 0.15) is 27.2 Å². The van der Waals surface area contributed by atoms with Gasteiger partial charge < -0.3 is 5.73 Å². The van der Waals surface area contributed by atoms with Gasteiger partial charge in [-0.3, -0.25) is 14.2 Å². The lowest BCUT2D eigenvalue weighted by molar-refractivity contribution is -0.117. The second-order valence-electron chi connectivity index (χ2n) is 5.71. The molecular weight excluding hydrogens is 298 g/mol. The zero-order chi connectivity index (χ0) is 16.3. The lowest BCUT2D eigenvalue weighted by Crippen LogP contribution is -2.27. The number of para-hydroxylation sites is 1. The molecule has 2 rings (SSSR count). The molecule has 1 amide bonds. The van der Waals surface area contributed by atoms with Crippen molar-refractivity contribution in [3.63, 3.8) is 0 Å². The smallest absolute Gasteiger partial charge is 0.262 e. The molecule has 0 aliphatic rings. The van der Waals surface area contributed by atoms with Crippen LogP contribution in [-0.2, 0) is 11.3 Å². The maximum atomic E-state index is 12.7. The average Bonchev–Trinajstić information content (AvgIpc) is 2.46. The first-order chi connectivity index (χ1) is 10.4. The van der Waals surface area contributed by atoms with Crippen molar-refractivity contribution >= 4 is 28.6 Å². The van der Waals surface area contributed by atoms with Gasteiger partial charge in [-0.1, -0.05) is 37.7 Å². The van der Waals surface area contributed by atoms with Crippen LogP contribution in [0.25, 0.3) is 10.9 Å². The molecule has 0 aliphatic carbocycles. The molecule has 0 radical (unpaired) electrons. The van der Waals surface area contributed by atoms with Gasteiger partial charge >= 0.3 is 0 Å². The van der Waals surface area contributed by atoms with Crippen molar-refractivity contribution in [3.8, 4) is 0 Å². The minimum Gasteiger partial charge on any atom is -0.369 e. The Morgan fingerprint density at radius 1 is 1.32 bits per heavy atom. The molecule has 5 nitrogen and oxygen atoms in total. The number of hydrogen-bond acceptors (Lipinski definition) is 4. The fourth-order valence-electron chi connectivity index (χ4n) is 2.04. The van der Waals surface area contributed by atoms with Crippen molar-refractivity contribution in [1.29, 1.82) is 0 Å². The average molecular weight is 319 g/mol. The fraction of sp³-hybridized carbons (Fsp3) is 0.438. The molecule has 0 bridgehead atoms. The van der Waals surface area contributed by atoms with Gasteiger partial charge in [0.2, 0.25) is 5.91 Å². The van der Waals surface area contributed by atoms with Gasteiger partial charge in [0.15, 0.2) is 5.16 Å². The maximum Gasteiger partial charge on any atom is 0.262 e. The molecule has 0 saturated heterocycles. The number of rotatable bonds is 6. The van der Waals surface area contributed by atoms with Crippen LogP contribution in [0.3, 0.4) is 0 Å². The summed E-state index contributed by atoms with van der Waals surface area (Å²) in [4.78, 5) is 28.6. The van der Waals surface area contributed by atoms with Crippen LogP contribution in [0, 0.1) is 5.92 Å². The zero-order valence-corrected chi connectivity index (χ0v) is 13.9. The number of nitrogens with two attached hydrogens (primary N) is 1. The van der Waals surface area contributed by atoms with E-state index in [0.29, 0.717) is 28.5 Å². The molecule has 0 fully saturated rings. The predicted octanol–water partition coefficient (Wildman–Crippen LogP) is 2.41. The number of benzene rings is 1. The van der Waals surface area contributed by atoms with Crippen LogP contribution in [-0.4, -0.2) is 20.7 Å². The summed E-state index contributed by atoms with van der Waals surface area (Å²) in [6.07, 6.45) is 0.873. The predicted molar refractivity (Wildman–Crippen MR) is 90.0 cm³/mol. The highest BCUT2D eigenvalue weighted by Gasteiger charge is 2.17. The minimum absolute atomic E-state index is 0.0644. The summed E-state index contributed by atoms with van der Waals surface area (Å²) in [7, 11) is 0. The molecule has 0 saturated carbocycles. The van der Waals surface area contributed by atoms with Gasteiger partial charge in [-0.2, -0.15) is 0 Å². The lowest BCUT2D eigenvalue weighted by atomic mass is 10.1. The third-order valence-electron chi connectivity index (χ3n) is 3.44. The highest BCUT2D eigenvalue weighted by molar-refractivity contribution is 8.00. The summed E-state index contributed by atoms with van der Waals surface area (Å²) < 4.78 is 1.66. The molecule has 22 heavy (non-hydrogen) atoms. The minimum atomic E-state index is -0.432. The highest BCUT2D eigenvalue weighted by atomic mass is 32.2. The van der Waals surface area contributed by atoms with E-state index in [4.69, 9.17) is 5.73 Å². The van der Waals surface area contributed by atoms with Gasteiger partial charge in [-0.25, -0.2) is 4.98 Å². The number of primary amides is 1. The summed E-state index contributed by atoms with van der Waals surface area (Å²) in [5.41, 5.74) is 5.91. The van der Waals surface area contributed by atoms with Gasteiger partial charge in [0.1, 0.15) is 0 Å². The Labute approximate surface area is 133 Å². The van der Waals surface area contributed by atoms with Crippen molar-refractivity contribution in [2.75, 3.05) is 0 Å². The third-order valence-corrected chi connectivity index (χ3v) is 4.55. The largest absolute Gasteiger partial charge is 0.369 e. The van der Waals surface area contributed by atoms with E-state index in [1.165, 1.54) is 11.8 Å². The molecule has 0 spiro atoms. The standard InChI is InChI=1S/C16H21N3O2S/c1-10(2)8-9-19-15(21)12-6-4-5-7-13(12)18-16(19)22-11(3)14(17)20/h4-7,10-11H,8-9H2,1-3H3,(H2,17,20)/t11-/m1/s1. The van der Waals surface area contributed by atoms with E-state index >= 15 is 0 Å². The van der Waals surface area contributed by atoms with Gasteiger partial charge in [-0.05, 0) is 31.4 Å². The van der Waals surface area contributed by atoms with Gasteiger partial charge in [0.05, 0.1) is 16.2 Å². The topological polar surface area (TPSA) is 78.0 Å². The van der Waals surface area contributed by atoms with E-state index in [-0.39, 0.29) is 5.56 Å². The molecule has 1 aromatic carbocycles. The first-order valence-electron chi connectivity index (χ1n) is 7.35. The van der Waals surface area contributed by atoms with Crippen molar-refractivity contribution in [2.24, 2.45) is 11.7 Å². The second-order valence-corrected chi connectivity index (χ2v) is 7.02. The Morgan fingerprint density at radius 3 is 2.64 bits per heavy atom. The van der Waals surface area contributed by atoms with Crippen LogP contribution >= 0.6 is 11.8 Å². The number of amides is 1. The van der Waals surface area contributed by atoms with Crippen LogP contribution in [0.5, 0.6) is 0 Å². The number of carbonyl (C=O) groups is 1. The van der Waals surface area contributed by atoms with Crippen molar-refractivity contribution < 1.29 is 4.79 Å². The molecule has 0 unspecified atom stereocenters. The van der Waals surface area contributed by atoms with Gasteiger partial charge in [-0.15, -0.1) is 0 Å². The lowest BCUT2D eigenvalue weighted by Gasteiger charge is -2.15. The Kier molecular flexibility index (Phi) is 5.24. The van der Waals surface area contributed by atoms with E-state index in [1.54, 1.807) is 17.6 Å². The Hall–Kier alpha value is -1.82. The third kappa shape index (κ3) is 3.68. The van der Waals surface area contributed by atoms with E-state index in [9.17, 15) is 9.59 Å². The second kappa shape index (κ2) is 6.96. The van der Waals surface area contributed by atoms with E-state index < -0.39 is 11.2 Å². The highest BCUT2D eigenvalue weighted by Crippen LogP contribution is 2.22. The number of thioether (sulfide) groups is 1. The summed E-state index contributed by atoms with van der Waals surface area (Å²) >= 11 is 1.24. The first-order valence-corrected chi connectivity index (χ1v) is 8.23. The quantitative estimate of drug-likeness (QED) is 0.655. The summed E-state index contributed by atoms with van der Waals surface area (Å²) in [5.74, 6) is 0.0626. The normalized spacial score (nSPS) is 12.7. The number of aromatic nitrogens is 2. The molecule has 0 aliphatic heterocycles. The molecule has 6 heteroatoms. The molecule has 1 atom stereocenters. The fourth-order valence-corrected chi connectivity index (χ4v) is 2.92.